The molecule has 0 unspecified atom stereocenters. The van der Waals surface area contributed by atoms with E-state index in [-0.39, 0.29) is 5.82 Å². The summed E-state index contributed by atoms with van der Waals surface area (Å²) in [6.45, 7) is 2.77. The number of carbonyl (C=O) groups is 1. The number of likely N-dealkylation sites (N-methyl/N-ethyl adjacent to an activating group) is 1. The van der Waals surface area contributed by atoms with Crippen LogP contribution in [0.1, 0.15) is 10.6 Å². The second-order valence-electron chi connectivity index (χ2n) is 4.10. The van der Waals surface area contributed by atoms with Gasteiger partial charge < -0.3 is 19.7 Å². The van der Waals surface area contributed by atoms with Crippen molar-refractivity contribution in [2.45, 2.75) is 0 Å². The first-order valence-corrected chi connectivity index (χ1v) is 6.01. The van der Waals surface area contributed by atoms with Gasteiger partial charge in [0.25, 0.3) is 0 Å². The fourth-order valence-corrected chi connectivity index (χ4v) is 1.25. The van der Waals surface area contributed by atoms with Crippen molar-refractivity contribution in [3.63, 3.8) is 0 Å². The SMILES string of the molecule is COC(=O)c1nccc(NCCOCCN(C)C)n1. The zero-order valence-corrected chi connectivity index (χ0v) is 11.5. The van der Waals surface area contributed by atoms with Crippen LogP contribution in [0.5, 0.6) is 0 Å². The topological polar surface area (TPSA) is 76.6 Å². The molecule has 1 rings (SSSR count). The first-order chi connectivity index (χ1) is 9.13. The van der Waals surface area contributed by atoms with Gasteiger partial charge in [0.1, 0.15) is 5.82 Å². The third-order valence-electron chi connectivity index (χ3n) is 2.26. The maximum absolute atomic E-state index is 11.2. The average Bonchev–Trinajstić information content (AvgIpc) is 2.41. The number of aromatic nitrogens is 2. The Balaban J connectivity index is 2.27. The molecule has 0 aliphatic rings. The smallest absolute Gasteiger partial charge is 0.376 e. The molecule has 1 aromatic heterocycles. The van der Waals surface area contributed by atoms with Gasteiger partial charge in [-0.05, 0) is 20.2 Å². The molecular formula is C12H20N4O3. The average molecular weight is 268 g/mol. The summed E-state index contributed by atoms with van der Waals surface area (Å²) in [4.78, 5) is 21.2. The highest BCUT2D eigenvalue weighted by Crippen LogP contribution is 2.02. The molecule has 1 aromatic rings. The van der Waals surface area contributed by atoms with E-state index in [2.05, 4.69) is 24.9 Å². The van der Waals surface area contributed by atoms with E-state index < -0.39 is 5.97 Å². The van der Waals surface area contributed by atoms with Crippen LogP contribution >= 0.6 is 0 Å². The summed E-state index contributed by atoms with van der Waals surface area (Å²) in [6, 6.07) is 1.69. The number of carbonyl (C=O) groups excluding carboxylic acids is 1. The number of nitrogens with one attached hydrogen (secondary N) is 1. The summed E-state index contributed by atoms with van der Waals surface area (Å²) in [5.41, 5.74) is 0. The van der Waals surface area contributed by atoms with Gasteiger partial charge in [0, 0.05) is 19.3 Å². The molecule has 7 nitrogen and oxygen atoms in total. The zero-order chi connectivity index (χ0) is 14.1. The minimum Gasteiger partial charge on any atom is -0.463 e. The van der Waals surface area contributed by atoms with Gasteiger partial charge in [-0.1, -0.05) is 0 Å². The van der Waals surface area contributed by atoms with Gasteiger partial charge >= 0.3 is 5.97 Å². The van der Waals surface area contributed by atoms with Crippen LogP contribution in [0.2, 0.25) is 0 Å². The van der Waals surface area contributed by atoms with Gasteiger partial charge in [-0.3, -0.25) is 0 Å². The molecule has 0 aromatic carbocycles. The molecule has 0 radical (unpaired) electrons. The van der Waals surface area contributed by atoms with Crippen molar-refractivity contribution in [2.75, 3.05) is 52.8 Å². The number of ether oxygens (including phenoxy) is 2. The number of esters is 1. The van der Waals surface area contributed by atoms with Crippen LogP contribution in [0, 0.1) is 0 Å². The minimum atomic E-state index is -0.550. The summed E-state index contributed by atoms with van der Waals surface area (Å²) < 4.78 is 9.98. The van der Waals surface area contributed by atoms with E-state index in [9.17, 15) is 4.79 Å². The van der Waals surface area contributed by atoms with Crippen molar-refractivity contribution < 1.29 is 14.3 Å². The van der Waals surface area contributed by atoms with E-state index in [1.807, 2.05) is 14.1 Å². The molecule has 0 atom stereocenters. The van der Waals surface area contributed by atoms with E-state index in [1.165, 1.54) is 13.3 Å². The van der Waals surface area contributed by atoms with E-state index in [0.717, 1.165) is 6.54 Å². The lowest BCUT2D eigenvalue weighted by molar-refractivity contribution is 0.0587. The molecule has 0 aliphatic carbocycles. The molecule has 0 aliphatic heterocycles. The van der Waals surface area contributed by atoms with Crippen molar-refractivity contribution in [1.29, 1.82) is 0 Å². The fourth-order valence-electron chi connectivity index (χ4n) is 1.25. The van der Waals surface area contributed by atoms with Crippen LogP contribution in [0.15, 0.2) is 12.3 Å². The summed E-state index contributed by atoms with van der Waals surface area (Å²) in [7, 11) is 5.29. The molecule has 0 saturated carbocycles. The van der Waals surface area contributed by atoms with Gasteiger partial charge in [-0.15, -0.1) is 0 Å². The number of methoxy groups -OCH3 is 1. The summed E-state index contributed by atoms with van der Waals surface area (Å²) in [5, 5.41) is 3.05. The van der Waals surface area contributed by atoms with Gasteiger partial charge in [0.2, 0.25) is 5.82 Å². The lowest BCUT2D eigenvalue weighted by Gasteiger charge is -2.10. The van der Waals surface area contributed by atoms with Crippen LogP contribution in [0.4, 0.5) is 5.82 Å². The summed E-state index contributed by atoms with van der Waals surface area (Å²) in [5.74, 6) is 0.0681. The first kappa shape index (κ1) is 15.3. The Morgan fingerprint density at radius 1 is 1.42 bits per heavy atom. The molecule has 0 fully saturated rings. The number of nitrogens with zero attached hydrogens (tertiary/aromatic N) is 3. The van der Waals surface area contributed by atoms with Crippen LogP contribution in [-0.2, 0) is 9.47 Å². The van der Waals surface area contributed by atoms with Gasteiger partial charge in [0.05, 0.1) is 20.3 Å². The maximum atomic E-state index is 11.2. The summed E-state index contributed by atoms with van der Waals surface area (Å²) >= 11 is 0. The Morgan fingerprint density at radius 2 is 2.21 bits per heavy atom. The van der Waals surface area contributed by atoms with E-state index in [1.54, 1.807) is 6.07 Å². The predicted octanol–water partition coefficient (Wildman–Crippen LogP) is 0.253. The Labute approximate surface area is 112 Å². The minimum absolute atomic E-state index is 0.0426. The lowest BCUT2D eigenvalue weighted by atomic mass is 10.5. The second kappa shape index (κ2) is 8.39. The highest BCUT2D eigenvalue weighted by molar-refractivity contribution is 5.85. The zero-order valence-electron chi connectivity index (χ0n) is 11.5. The third-order valence-corrected chi connectivity index (χ3v) is 2.26. The van der Waals surface area contributed by atoms with Crippen LogP contribution in [0.3, 0.4) is 0 Å². The van der Waals surface area contributed by atoms with Crippen molar-refractivity contribution in [3.8, 4) is 0 Å². The predicted molar refractivity (Wildman–Crippen MR) is 71.2 cm³/mol. The molecule has 0 bridgehead atoms. The fraction of sp³-hybridized carbons (Fsp3) is 0.583. The molecule has 19 heavy (non-hydrogen) atoms. The highest BCUT2D eigenvalue weighted by Gasteiger charge is 2.08. The van der Waals surface area contributed by atoms with Crippen molar-refractivity contribution in [3.05, 3.63) is 18.1 Å². The van der Waals surface area contributed by atoms with Crippen molar-refractivity contribution in [2.24, 2.45) is 0 Å². The lowest BCUT2D eigenvalue weighted by Crippen LogP contribution is -2.20. The van der Waals surface area contributed by atoms with Gasteiger partial charge in [0.15, 0.2) is 0 Å². The molecule has 106 valence electrons. The van der Waals surface area contributed by atoms with E-state index >= 15 is 0 Å². The highest BCUT2D eigenvalue weighted by atomic mass is 16.5. The number of rotatable bonds is 8. The standard InChI is InChI=1S/C12H20N4O3/c1-16(2)7-9-19-8-6-13-10-4-5-14-11(15-10)12(17)18-3/h4-5H,6-9H2,1-3H3,(H,13,14,15). The number of hydrogen-bond donors (Lipinski definition) is 1. The van der Waals surface area contributed by atoms with E-state index in [0.29, 0.717) is 25.6 Å². The molecule has 0 saturated heterocycles. The van der Waals surface area contributed by atoms with Gasteiger partial charge in [-0.25, -0.2) is 14.8 Å². The van der Waals surface area contributed by atoms with Crippen LogP contribution < -0.4 is 5.32 Å². The Morgan fingerprint density at radius 3 is 2.89 bits per heavy atom. The van der Waals surface area contributed by atoms with Crippen molar-refractivity contribution in [1.82, 2.24) is 14.9 Å². The molecule has 1 heterocycles. The maximum Gasteiger partial charge on any atom is 0.376 e. The Kier molecular flexibility index (Phi) is 6.76. The number of hydrogen-bond acceptors (Lipinski definition) is 7. The molecule has 0 spiro atoms. The third kappa shape index (κ3) is 6.12. The van der Waals surface area contributed by atoms with E-state index in [4.69, 9.17) is 4.74 Å². The molecule has 0 amide bonds. The van der Waals surface area contributed by atoms with Crippen molar-refractivity contribution >= 4 is 11.8 Å². The Bertz CT molecular complexity index is 398. The van der Waals surface area contributed by atoms with Gasteiger partial charge in [-0.2, -0.15) is 0 Å². The Hall–Kier alpha value is -1.73. The van der Waals surface area contributed by atoms with Crippen LogP contribution in [0.25, 0.3) is 0 Å². The molecule has 7 heteroatoms. The number of anilines is 1. The second-order valence-corrected chi connectivity index (χ2v) is 4.10. The molecular weight excluding hydrogens is 248 g/mol. The first-order valence-electron chi connectivity index (χ1n) is 6.01. The normalized spacial score (nSPS) is 10.5. The quantitative estimate of drug-likeness (QED) is 0.535. The largest absolute Gasteiger partial charge is 0.463 e. The summed E-state index contributed by atoms with van der Waals surface area (Å²) in [6.07, 6.45) is 1.51. The molecule has 1 N–H and O–H groups in total. The monoisotopic (exact) mass is 268 g/mol. The van der Waals surface area contributed by atoms with Crippen LogP contribution in [-0.4, -0.2) is 68.3 Å².